The van der Waals surface area contributed by atoms with E-state index in [9.17, 15) is 14.0 Å². The number of nitrogens with one attached hydrogen (secondary N) is 1. The van der Waals surface area contributed by atoms with Gasteiger partial charge in [0, 0.05) is 11.8 Å². The second-order valence-corrected chi connectivity index (χ2v) is 5.29. The van der Waals surface area contributed by atoms with Crippen molar-refractivity contribution >= 4 is 23.6 Å². The normalized spacial score (nSPS) is 10.6. The Morgan fingerprint density at radius 2 is 1.83 bits per heavy atom. The molecular formula is C19H18FNO3. The first kappa shape index (κ1) is 17.4. The summed E-state index contributed by atoms with van der Waals surface area (Å²) in [5.41, 5.74) is 3.38. The first-order valence-electron chi connectivity index (χ1n) is 7.42. The minimum Gasteiger partial charge on any atom is -0.452 e. The standard InChI is InChI=1S/C19H18FNO3/c1-13-4-3-5-17(14(13)2)21-18(22)12-24-19(23)11-8-15-6-9-16(20)10-7-15/h3-11H,12H2,1-2H3,(H,21,22). The zero-order valence-corrected chi connectivity index (χ0v) is 13.5. The maximum absolute atomic E-state index is 12.8. The lowest BCUT2D eigenvalue weighted by atomic mass is 10.1. The maximum Gasteiger partial charge on any atom is 0.331 e. The van der Waals surface area contributed by atoms with Gasteiger partial charge in [0.05, 0.1) is 0 Å². The predicted octanol–water partition coefficient (Wildman–Crippen LogP) is 3.64. The number of anilines is 1. The van der Waals surface area contributed by atoms with Crippen LogP contribution in [0.1, 0.15) is 16.7 Å². The molecule has 24 heavy (non-hydrogen) atoms. The molecular weight excluding hydrogens is 309 g/mol. The van der Waals surface area contributed by atoms with Crippen LogP contribution in [0.15, 0.2) is 48.5 Å². The van der Waals surface area contributed by atoms with Crippen LogP contribution in [0.4, 0.5) is 10.1 Å². The number of esters is 1. The van der Waals surface area contributed by atoms with Crippen molar-refractivity contribution in [3.63, 3.8) is 0 Å². The Hall–Kier alpha value is -2.95. The SMILES string of the molecule is Cc1cccc(NC(=O)COC(=O)C=Cc2ccc(F)cc2)c1C. The Bertz CT molecular complexity index is 767. The summed E-state index contributed by atoms with van der Waals surface area (Å²) in [5, 5.41) is 2.70. The van der Waals surface area contributed by atoms with Crippen molar-refractivity contribution in [3.05, 3.63) is 71.0 Å². The topological polar surface area (TPSA) is 55.4 Å². The lowest BCUT2D eigenvalue weighted by Crippen LogP contribution is -2.20. The van der Waals surface area contributed by atoms with E-state index in [0.717, 1.165) is 11.1 Å². The minimum absolute atomic E-state index is 0.349. The molecule has 0 heterocycles. The van der Waals surface area contributed by atoms with E-state index in [-0.39, 0.29) is 12.4 Å². The van der Waals surface area contributed by atoms with Crippen LogP contribution in [-0.4, -0.2) is 18.5 Å². The van der Waals surface area contributed by atoms with E-state index in [2.05, 4.69) is 5.32 Å². The second-order valence-electron chi connectivity index (χ2n) is 5.29. The third-order valence-corrected chi connectivity index (χ3v) is 3.51. The highest BCUT2D eigenvalue weighted by Gasteiger charge is 2.08. The molecule has 0 saturated heterocycles. The summed E-state index contributed by atoms with van der Waals surface area (Å²) < 4.78 is 17.6. The molecule has 0 bridgehead atoms. The van der Waals surface area contributed by atoms with E-state index in [1.807, 2.05) is 26.0 Å². The van der Waals surface area contributed by atoms with Gasteiger partial charge in [0.2, 0.25) is 0 Å². The Morgan fingerprint density at radius 1 is 1.12 bits per heavy atom. The number of rotatable bonds is 5. The number of hydrogen-bond acceptors (Lipinski definition) is 3. The average Bonchev–Trinajstić information content (AvgIpc) is 2.56. The number of benzene rings is 2. The Kier molecular flexibility index (Phi) is 5.84. The van der Waals surface area contributed by atoms with E-state index >= 15 is 0 Å². The molecule has 4 nitrogen and oxygen atoms in total. The molecule has 5 heteroatoms. The van der Waals surface area contributed by atoms with Crippen molar-refractivity contribution in [1.82, 2.24) is 0 Å². The van der Waals surface area contributed by atoms with Crippen molar-refractivity contribution in [1.29, 1.82) is 0 Å². The summed E-state index contributed by atoms with van der Waals surface area (Å²) >= 11 is 0. The predicted molar refractivity (Wildman–Crippen MR) is 90.9 cm³/mol. The summed E-state index contributed by atoms with van der Waals surface area (Å²) in [5.74, 6) is -1.40. The third-order valence-electron chi connectivity index (χ3n) is 3.51. The summed E-state index contributed by atoms with van der Waals surface area (Å²) in [4.78, 5) is 23.4. The van der Waals surface area contributed by atoms with Gasteiger partial charge in [-0.3, -0.25) is 4.79 Å². The van der Waals surface area contributed by atoms with Crippen molar-refractivity contribution in [2.24, 2.45) is 0 Å². The molecule has 0 radical (unpaired) electrons. The second kappa shape index (κ2) is 8.06. The van der Waals surface area contributed by atoms with Gasteiger partial charge in [0.15, 0.2) is 6.61 Å². The van der Waals surface area contributed by atoms with Gasteiger partial charge in [-0.1, -0.05) is 24.3 Å². The molecule has 0 fully saturated rings. The first-order chi connectivity index (χ1) is 11.5. The Labute approximate surface area is 140 Å². The van der Waals surface area contributed by atoms with Crippen LogP contribution < -0.4 is 5.32 Å². The number of amides is 1. The molecule has 0 aliphatic carbocycles. The largest absolute Gasteiger partial charge is 0.452 e. The third kappa shape index (κ3) is 5.05. The molecule has 0 aromatic heterocycles. The fourth-order valence-corrected chi connectivity index (χ4v) is 2.00. The van der Waals surface area contributed by atoms with Gasteiger partial charge in [0.1, 0.15) is 5.82 Å². The molecule has 2 rings (SSSR count). The monoisotopic (exact) mass is 327 g/mol. The number of carbonyl (C=O) groups excluding carboxylic acids is 2. The summed E-state index contributed by atoms with van der Waals surface area (Å²) in [6.07, 6.45) is 2.68. The number of hydrogen-bond donors (Lipinski definition) is 1. The van der Waals surface area contributed by atoms with Crippen molar-refractivity contribution in [3.8, 4) is 0 Å². The van der Waals surface area contributed by atoms with Gasteiger partial charge in [-0.25, -0.2) is 9.18 Å². The van der Waals surface area contributed by atoms with Crippen molar-refractivity contribution in [2.45, 2.75) is 13.8 Å². The van der Waals surface area contributed by atoms with Crippen LogP contribution in [-0.2, 0) is 14.3 Å². The Morgan fingerprint density at radius 3 is 2.54 bits per heavy atom. The zero-order valence-electron chi connectivity index (χ0n) is 13.5. The molecule has 1 N–H and O–H groups in total. The van der Waals surface area contributed by atoms with E-state index in [1.165, 1.54) is 36.4 Å². The summed E-state index contributed by atoms with van der Waals surface area (Å²) in [6.45, 7) is 3.48. The quantitative estimate of drug-likeness (QED) is 0.674. The maximum atomic E-state index is 12.8. The highest BCUT2D eigenvalue weighted by molar-refractivity contribution is 5.95. The fourth-order valence-electron chi connectivity index (χ4n) is 2.00. The smallest absolute Gasteiger partial charge is 0.331 e. The molecule has 0 aliphatic heterocycles. The van der Waals surface area contributed by atoms with Crippen LogP contribution >= 0.6 is 0 Å². The highest BCUT2D eigenvalue weighted by Crippen LogP contribution is 2.17. The van der Waals surface area contributed by atoms with Gasteiger partial charge >= 0.3 is 5.97 Å². The number of halogens is 1. The molecule has 1 amide bonds. The van der Waals surface area contributed by atoms with Gasteiger partial charge in [-0.2, -0.15) is 0 Å². The molecule has 0 aliphatic rings. The molecule has 0 spiro atoms. The molecule has 0 unspecified atom stereocenters. The van der Waals surface area contributed by atoms with Crippen LogP contribution in [0.25, 0.3) is 6.08 Å². The number of carbonyl (C=O) groups is 2. The summed E-state index contributed by atoms with van der Waals surface area (Å²) in [7, 11) is 0. The van der Waals surface area contributed by atoms with Gasteiger partial charge < -0.3 is 10.1 Å². The minimum atomic E-state index is -0.643. The van der Waals surface area contributed by atoms with Gasteiger partial charge in [-0.15, -0.1) is 0 Å². The fraction of sp³-hybridized carbons (Fsp3) is 0.158. The lowest BCUT2D eigenvalue weighted by Gasteiger charge is -2.10. The summed E-state index contributed by atoms with van der Waals surface area (Å²) in [6, 6.07) is 11.2. The molecule has 0 atom stereocenters. The van der Waals surface area contributed by atoms with Crippen LogP contribution in [0.3, 0.4) is 0 Å². The van der Waals surface area contributed by atoms with E-state index < -0.39 is 11.9 Å². The van der Waals surface area contributed by atoms with E-state index in [4.69, 9.17) is 4.74 Å². The number of ether oxygens (including phenoxy) is 1. The number of aryl methyl sites for hydroxylation is 1. The first-order valence-corrected chi connectivity index (χ1v) is 7.42. The molecule has 2 aromatic rings. The highest BCUT2D eigenvalue weighted by atomic mass is 19.1. The van der Waals surface area contributed by atoms with E-state index in [1.54, 1.807) is 6.07 Å². The lowest BCUT2D eigenvalue weighted by molar-refractivity contribution is -0.142. The molecule has 2 aromatic carbocycles. The van der Waals surface area contributed by atoms with Crippen LogP contribution in [0.2, 0.25) is 0 Å². The Balaban J connectivity index is 1.84. The van der Waals surface area contributed by atoms with Crippen molar-refractivity contribution < 1.29 is 18.7 Å². The average molecular weight is 327 g/mol. The molecule has 0 saturated carbocycles. The van der Waals surface area contributed by atoms with Crippen molar-refractivity contribution in [2.75, 3.05) is 11.9 Å². The van der Waals surface area contributed by atoms with Crippen LogP contribution in [0.5, 0.6) is 0 Å². The zero-order chi connectivity index (χ0) is 17.5. The van der Waals surface area contributed by atoms with Gasteiger partial charge in [0.25, 0.3) is 5.91 Å². The van der Waals surface area contributed by atoms with Crippen LogP contribution in [0, 0.1) is 19.7 Å². The van der Waals surface area contributed by atoms with Gasteiger partial charge in [-0.05, 0) is 54.8 Å². The molecule has 124 valence electrons. The van der Waals surface area contributed by atoms with E-state index in [0.29, 0.717) is 11.3 Å².